The van der Waals surface area contributed by atoms with Crippen LogP contribution in [-0.4, -0.2) is 27.6 Å². The number of ether oxygens (including phenoxy) is 2. The summed E-state index contributed by atoms with van der Waals surface area (Å²) in [5.74, 6) is -0.974. The number of aliphatic hydroxyl groups is 1. The lowest BCUT2D eigenvalue weighted by atomic mass is 9.80. The van der Waals surface area contributed by atoms with Crippen LogP contribution in [0.2, 0.25) is 0 Å². The summed E-state index contributed by atoms with van der Waals surface area (Å²) in [4.78, 5) is 0. The first-order chi connectivity index (χ1) is 14.4. The normalized spacial score (nSPS) is 13.7. The minimum atomic E-state index is -4.88. The summed E-state index contributed by atoms with van der Waals surface area (Å²) in [5.41, 5.74) is -1.51. The Morgan fingerprint density at radius 2 is 1.23 bits per heavy atom. The summed E-state index contributed by atoms with van der Waals surface area (Å²) in [7, 11) is 0. The Hall–Kier alpha value is -3.21. The number of nitrogens with zero attached hydrogens (tertiary/aromatic N) is 2. The van der Waals surface area contributed by atoms with Crippen molar-refractivity contribution >= 4 is 0 Å². The molecule has 0 aliphatic rings. The first-order valence-electron chi connectivity index (χ1n) is 8.82. The van der Waals surface area contributed by atoms with Crippen molar-refractivity contribution in [3.63, 3.8) is 0 Å². The highest BCUT2D eigenvalue weighted by Gasteiger charge is 2.40. The molecule has 0 bridgehead atoms. The molecule has 0 fully saturated rings. The second-order valence-corrected chi connectivity index (χ2v) is 6.57. The maximum atomic E-state index is 12.4. The smallest absolute Gasteiger partial charge is 0.406 e. The number of benzene rings is 2. The zero-order valence-electron chi connectivity index (χ0n) is 15.9. The number of rotatable bonds is 6. The molecule has 0 saturated carbocycles. The quantitative estimate of drug-likeness (QED) is 0.531. The molecule has 166 valence electrons. The maximum Gasteiger partial charge on any atom is 0.573 e. The molecule has 11 heteroatoms. The molecule has 0 aliphatic carbocycles. The van der Waals surface area contributed by atoms with Crippen LogP contribution >= 0.6 is 0 Å². The average Bonchev–Trinajstić information content (AvgIpc) is 3.20. The molecule has 1 unspecified atom stereocenters. The van der Waals surface area contributed by atoms with Crippen molar-refractivity contribution in [2.75, 3.05) is 0 Å². The zero-order chi connectivity index (χ0) is 22.9. The van der Waals surface area contributed by atoms with E-state index in [0.29, 0.717) is 0 Å². The molecule has 1 N–H and O–H groups in total. The van der Waals surface area contributed by atoms with E-state index in [1.807, 2.05) is 0 Å². The van der Waals surface area contributed by atoms with Gasteiger partial charge in [-0.2, -0.15) is 5.10 Å². The zero-order valence-corrected chi connectivity index (χ0v) is 15.9. The Bertz CT molecular complexity index is 924. The Balaban J connectivity index is 2.02. The molecule has 5 nitrogen and oxygen atoms in total. The van der Waals surface area contributed by atoms with Crippen LogP contribution in [0.25, 0.3) is 0 Å². The van der Waals surface area contributed by atoms with Crippen LogP contribution in [0.3, 0.4) is 0 Å². The molecule has 1 atom stereocenters. The van der Waals surface area contributed by atoms with Crippen molar-refractivity contribution < 1.29 is 40.9 Å². The number of alkyl halides is 6. The highest BCUT2D eigenvalue weighted by atomic mass is 19.4. The summed E-state index contributed by atoms with van der Waals surface area (Å²) in [5, 5.41) is 15.7. The Labute approximate surface area is 172 Å². The van der Waals surface area contributed by atoms with Crippen LogP contribution < -0.4 is 9.47 Å². The lowest BCUT2D eigenvalue weighted by molar-refractivity contribution is -0.275. The van der Waals surface area contributed by atoms with Crippen molar-refractivity contribution in [2.45, 2.75) is 31.3 Å². The van der Waals surface area contributed by atoms with Gasteiger partial charge < -0.3 is 14.6 Å². The fourth-order valence-electron chi connectivity index (χ4n) is 3.17. The Morgan fingerprint density at radius 1 is 0.806 bits per heavy atom. The highest BCUT2D eigenvalue weighted by Crippen LogP contribution is 2.41. The summed E-state index contributed by atoms with van der Waals surface area (Å²) < 4.78 is 83.7. The van der Waals surface area contributed by atoms with Gasteiger partial charge in [0.15, 0.2) is 0 Å². The molecule has 2 aromatic carbocycles. The first kappa shape index (κ1) is 22.5. The summed E-state index contributed by atoms with van der Waals surface area (Å²) >= 11 is 0. The van der Waals surface area contributed by atoms with Gasteiger partial charge >= 0.3 is 12.7 Å². The predicted molar refractivity (Wildman–Crippen MR) is 96.2 cm³/mol. The van der Waals surface area contributed by atoms with Crippen molar-refractivity contribution in [1.29, 1.82) is 0 Å². The molecular formula is C20H16F6N2O3. The van der Waals surface area contributed by atoms with E-state index in [0.717, 1.165) is 24.3 Å². The van der Waals surface area contributed by atoms with Gasteiger partial charge in [-0.25, -0.2) is 0 Å². The third-order valence-corrected chi connectivity index (χ3v) is 4.58. The predicted octanol–water partition coefficient (Wildman–Crippen LogP) is 5.18. The molecule has 3 rings (SSSR count). The van der Waals surface area contributed by atoms with Crippen LogP contribution in [0.5, 0.6) is 11.5 Å². The number of aromatic nitrogens is 2. The van der Waals surface area contributed by atoms with Gasteiger partial charge in [0.25, 0.3) is 0 Å². The van der Waals surface area contributed by atoms with Crippen molar-refractivity contribution in [3.05, 3.63) is 78.1 Å². The molecule has 0 radical (unpaired) electrons. The minimum Gasteiger partial charge on any atom is -0.406 e. The monoisotopic (exact) mass is 446 g/mol. The molecule has 0 spiro atoms. The molecular weight excluding hydrogens is 430 g/mol. The van der Waals surface area contributed by atoms with Crippen LogP contribution in [0.1, 0.15) is 24.1 Å². The molecule has 0 amide bonds. The Kier molecular flexibility index (Phi) is 5.90. The van der Waals surface area contributed by atoms with Gasteiger partial charge in [0.2, 0.25) is 0 Å². The van der Waals surface area contributed by atoms with Gasteiger partial charge in [-0.05, 0) is 48.4 Å². The fourth-order valence-corrected chi connectivity index (χ4v) is 3.17. The molecule has 1 heterocycles. The number of hydrogen-bond acceptors (Lipinski definition) is 4. The first-order valence-corrected chi connectivity index (χ1v) is 8.82. The molecule has 0 saturated heterocycles. The van der Waals surface area contributed by atoms with E-state index in [2.05, 4.69) is 14.6 Å². The molecule has 0 aliphatic heterocycles. The summed E-state index contributed by atoms with van der Waals surface area (Å²) in [6.45, 7) is 1.60. The third kappa shape index (κ3) is 5.29. The third-order valence-electron chi connectivity index (χ3n) is 4.58. The lowest BCUT2D eigenvalue weighted by Gasteiger charge is -2.35. The minimum absolute atomic E-state index is 0.175. The van der Waals surface area contributed by atoms with Gasteiger partial charge in [0.05, 0.1) is 6.04 Å². The molecule has 3 aromatic rings. The second kappa shape index (κ2) is 8.14. The van der Waals surface area contributed by atoms with Crippen LogP contribution in [-0.2, 0) is 5.60 Å². The maximum absolute atomic E-state index is 12.4. The van der Waals surface area contributed by atoms with Gasteiger partial charge in [-0.15, -0.1) is 26.3 Å². The van der Waals surface area contributed by atoms with E-state index >= 15 is 0 Å². The van der Waals surface area contributed by atoms with Gasteiger partial charge in [0.1, 0.15) is 17.1 Å². The largest absolute Gasteiger partial charge is 0.573 e. The average molecular weight is 446 g/mol. The van der Waals surface area contributed by atoms with Crippen molar-refractivity contribution in [2.24, 2.45) is 0 Å². The Morgan fingerprint density at radius 3 is 1.55 bits per heavy atom. The van der Waals surface area contributed by atoms with E-state index in [-0.39, 0.29) is 11.1 Å². The summed E-state index contributed by atoms with van der Waals surface area (Å²) in [6, 6.07) is 9.90. The second-order valence-electron chi connectivity index (χ2n) is 6.57. The standard InChI is InChI=1S/C20H16F6N2O3/c1-13(28-12-2-11-27-28)18(29,14-3-7-16(8-4-14)30-19(21,22)23)15-5-9-17(10-6-15)31-20(24,25)26/h2-13,29H,1H3. The number of hydrogen-bond donors (Lipinski definition) is 1. The topological polar surface area (TPSA) is 56.5 Å². The fraction of sp³-hybridized carbons (Fsp3) is 0.250. The van der Waals surface area contributed by atoms with E-state index in [9.17, 15) is 31.4 Å². The van der Waals surface area contributed by atoms with E-state index < -0.39 is 35.9 Å². The molecule has 1 aromatic heterocycles. The lowest BCUT2D eigenvalue weighted by Crippen LogP contribution is -2.37. The molecule has 31 heavy (non-hydrogen) atoms. The van der Waals surface area contributed by atoms with Crippen LogP contribution in [0, 0.1) is 0 Å². The summed E-state index contributed by atoms with van der Waals surface area (Å²) in [6.07, 6.45) is -6.72. The van der Waals surface area contributed by atoms with Gasteiger partial charge in [-0.3, -0.25) is 4.68 Å². The van der Waals surface area contributed by atoms with E-state index in [4.69, 9.17) is 0 Å². The van der Waals surface area contributed by atoms with E-state index in [1.54, 1.807) is 19.2 Å². The SMILES string of the molecule is CC(n1cccn1)C(O)(c1ccc(OC(F)(F)F)cc1)c1ccc(OC(F)(F)F)cc1. The van der Waals surface area contributed by atoms with Crippen LogP contribution in [0.15, 0.2) is 67.0 Å². The van der Waals surface area contributed by atoms with Crippen LogP contribution in [0.4, 0.5) is 26.3 Å². The van der Waals surface area contributed by atoms with Crippen molar-refractivity contribution in [3.8, 4) is 11.5 Å². The number of halogens is 6. The van der Waals surface area contributed by atoms with Crippen molar-refractivity contribution in [1.82, 2.24) is 9.78 Å². The van der Waals surface area contributed by atoms with Gasteiger partial charge in [0, 0.05) is 12.4 Å². The van der Waals surface area contributed by atoms with E-state index in [1.165, 1.54) is 35.1 Å². The highest BCUT2D eigenvalue weighted by molar-refractivity contribution is 5.42. The van der Waals surface area contributed by atoms with Gasteiger partial charge in [-0.1, -0.05) is 24.3 Å².